The first-order valence-corrected chi connectivity index (χ1v) is 4.86. The molecule has 1 rings (SSSR count). The molecule has 0 aliphatic heterocycles. The largest absolute Gasteiger partial charge is 0.440 e. The zero-order chi connectivity index (χ0) is 8.48. The molecule has 0 heterocycles. The van der Waals surface area contributed by atoms with Gasteiger partial charge in [0, 0.05) is 5.02 Å². The van der Waals surface area contributed by atoms with E-state index in [-0.39, 0.29) is 5.30 Å². The molecule has 0 fully saturated rings. The fourth-order valence-electron chi connectivity index (χ4n) is 0.641. The van der Waals surface area contributed by atoms with Crippen molar-refractivity contribution in [3.63, 3.8) is 0 Å². The zero-order valence-corrected chi connectivity index (χ0v) is 7.13. The Morgan fingerprint density at radius 2 is 1.45 bits per heavy atom. The second-order valence-corrected chi connectivity index (χ2v) is 4.13. The van der Waals surface area contributed by atoms with E-state index in [0.717, 1.165) is 0 Å². The summed E-state index contributed by atoms with van der Waals surface area (Å²) in [5.74, 6) is 0. The molecule has 0 saturated heterocycles. The van der Waals surface area contributed by atoms with Gasteiger partial charge in [-0.2, -0.15) is 14.7 Å². The third kappa shape index (κ3) is 2.40. The number of benzene rings is 1. The average Bonchev–Trinajstić information content (AvgIpc) is 1.86. The topological polar surface area (TPSA) is 60.7 Å². The van der Waals surface area contributed by atoms with Crippen LogP contribution in [0.25, 0.3) is 0 Å². The van der Waals surface area contributed by atoms with E-state index >= 15 is 0 Å². The lowest BCUT2D eigenvalue weighted by Crippen LogP contribution is -2.08. The quantitative estimate of drug-likeness (QED) is 0.576. The monoisotopic (exact) mass is 193 g/mol. The van der Waals surface area contributed by atoms with Gasteiger partial charge < -0.3 is 0 Å². The first kappa shape index (κ1) is 8.91. The molecule has 3 nitrogen and oxygen atoms in total. The van der Waals surface area contributed by atoms with Gasteiger partial charge in [0.05, 0.1) is 0 Å². The Morgan fingerprint density at radius 1 is 1.00 bits per heavy atom. The minimum Gasteiger partial charge on any atom is -0.189 e. The van der Waals surface area contributed by atoms with Crippen LogP contribution in [-0.4, -0.2) is 14.7 Å². The minimum atomic E-state index is -3.85. The summed E-state index contributed by atoms with van der Waals surface area (Å²) in [4.78, 5) is 26.3. The van der Waals surface area contributed by atoms with Crippen LogP contribution >= 0.6 is 19.5 Å². The Labute approximate surface area is 69.5 Å². The van der Waals surface area contributed by atoms with Crippen molar-refractivity contribution in [1.29, 1.82) is 0 Å². The number of hydrogen-bond donors (Lipinski definition) is 3. The molecule has 1 aromatic rings. The fraction of sp³-hybridized carbons (Fsp3) is 0. The highest BCUT2D eigenvalue weighted by Crippen LogP contribution is 2.42. The lowest BCUT2D eigenvalue weighted by atomic mass is 10.4. The van der Waals surface area contributed by atoms with Gasteiger partial charge in [-0.15, -0.1) is 0 Å². The van der Waals surface area contributed by atoms with Gasteiger partial charge in [0.1, 0.15) is 0 Å². The summed E-state index contributed by atoms with van der Waals surface area (Å²) in [6.45, 7) is 0. The highest BCUT2D eigenvalue weighted by molar-refractivity contribution is 7.66. The fourth-order valence-corrected chi connectivity index (χ4v) is 1.32. The molecule has 0 unspecified atom stereocenters. The molecule has 0 aliphatic rings. The molecule has 0 saturated carbocycles. The van der Waals surface area contributed by atoms with Crippen LogP contribution in [0.15, 0.2) is 24.3 Å². The smallest absolute Gasteiger partial charge is 0.189 e. The van der Waals surface area contributed by atoms with E-state index in [1.807, 2.05) is 0 Å². The molecule has 0 bridgehead atoms. The molecule has 3 N–H and O–H groups in total. The van der Waals surface area contributed by atoms with E-state index in [0.29, 0.717) is 5.02 Å². The molecule has 60 valence electrons. The lowest BCUT2D eigenvalue weighted by molar-refractivity contribution is 0.347. The molecular formula is C6H7ClO3P+. The van der Waals surface area contributed by atoms with E-state index < -0.39 is 7.94 Å². The van der Waals surface area contributed by atoms with Crippen molar-refractivity contribution in [2.75, 3.05) is 0 Å². The molecule has 0 aliphatic carbocycles. The van der Waals surface area contributed by atoms with Crippen LogP contribution in [0.2, 0.25) is 5.02 Å². The minimum absolute atomic E-state index is 0.0990. The van der Waals surface area contributed by atoms with Crippen LogP contribution in [0.3, 0.4) is 0 Å². The summed E-state index contributed by atoms with van der Waals surface area (Å²) in [5.41, 5.74) is 0. The standard InChI is InChI=1S/C6H7ClO3P/c7-5-1-3-6(4-2-5)11(8,9)10/h1-4,8-10H/q+1. The van der Waals surface area contributed by atoms with Gasteiger partial charge in [0.2, 0.25) is 0 Å². The molecule has 0 radical (unpaired) electrons. The highest BCUT2D eigenvalue weighted by atomic mass is 35.5. The maximum Gasteiger partial charge on any atom is 0.440 e. The van der Waals surface area contributed by atoms with Gasteiger partial charge in [-0.1, -0.05) is 11.6 Å². The van der Waals surface area contributed by atoms with E-state index in [1.165, 1.54) is 24.3 Å². The van der Waals surface area contributed by atoms with E-state index in [4.69, 9.17) is 26.3 Å². The van der Waals surface area contributed by atoms with Crippen molar-refractivity contribution in [3.8, 4) is 0 Å². The SMILES string of the molecule is O[P+](O)(O)c1ccc(Cl)cc1. The summed E-state index contributed by atoms with van der Waals surface area (Å²) in [7, 11) is -3.85. The van der Waals surface area contributed by atoms with Gasteiger partial charge in [-0.3, -0.25) is 0 Å². The second kappa shape index (κ2) is 3.05. The maximum atomic E-state index is 8.76. The van der Waals surface area contributed by atoms with Crippen molar-refractivity contribution in [2.24, 2.45) is 0 Å². The summed E-state index contributed by atoms with van der Waals surface area (Å²) in [5, 5.41) is 0.587. The van der Waals surface area contributed by atoms with Crippen molar-refractivity contribution in [3.05, 3.63) is 29.3 Å². The van der Waals surface area contributed by atoms with E-state index in [1.54, 1.807) is 0 Å². The lowest BCUT2D eigenvalue weighted by Gasteiger charge is -2.01. The Kier molecular flexibility index (Phi) is 2.47. The van der Waals surface area contributed by atoms with Crippen LogP contribution in [0.4, 0.5) is 0 Å². The molecule has 0 spiro atoms. The van der Waals surface area contributed by atoms with Gasteiger partial charge in [-0.05, 0) is 24.3 Å². The molecule has 0 aromatic heterocycles. The number of halogens is 1. The predicted molar refractivity (Wildman–Crippen MR) is 44.7 cm³/mol. The molecular weight excluding hydrogens is 186 g/mol. The van der Waals surface area contributed by atoms with E-state index in [2.05, 4.69) is 0 Å². The molecule has 0 atom stereocenters. The highest BCUT2D eigenvalue weighted by Gasteiger charge is 2.33. The summed E-state index contributed by atoms with van der Waals surface area (Å²) in [6, 6.07) is 5.70. The maximum absolute atomic E-state index is 8.76. The normalized spacial score (nSPS) is 11.6. The third-order valence-electron chi connectivity index (χ3n) is 1.17. The van der Waals surface area contributed by atoms with Crippen LogP contribution in [0.1, 0.15) is 0 Å². The predicted octanol–water partition coefficient (Wildman–Crippen LogP) is 0.705. The number of hydrogen-bond acceptors (Lipinski definition) is 3. The van der Waals surface area contributed by atoms with Crippen molar-refractivity contribution >= 4 is 24.8 Å². The third-order valence-corrected chi connectivity index (χ3v) is 2.42. The van der Waals surface area contributed by atoms with Crippen molar-refractivity contribution in [1.82, 2.24) is 0 Å². The van der Waals surface area contributed by atoms with Crippen molar-refractivity contribution in [2.45, 2.75) is 0 Å². The van der Waals surface area contributed by atoms with Gasteiger partial charge >= 0.3 is 7.94 Å². The summed E-state index contributed by atoms with van der Waals surface area (Å²) < 4.78 is 0. The summed E-state index contributed by atoms with van der Waals surface area (Å²) >= 11 is 5.53. The molecule has 1 aromatic carbocycles. The Bertz CT molecular complexity index is 241. The Hall–Kier alpha value is -0.180. The second-order valence-electron chi connectivity index (χ2n) is 2.04. The molecule has 11 heavy (non-hydrogen) atoms. The van der Waals surface area contributed by atoms with Crippen LogP contribution in [0, 0.1) is 0 Å². The van der Waals surface area contributed by atoms with Gasteiger partial charge in [0.25, 0.3) is 0 Å². The van der Waals surface area contributed by atoms with Crippen LogP contribution in [0.5, 0.6) is 0 Å². The van der Waals surface area contributed by atoms with Gasteiger partial charge in [0.15, 0.2) is 5.30 Å². The van der Waals surface area contributed by atoms with Crippen molar-refractivity contribution < 1.29 is 14.7 Å². The summed E-state index contributed by atoms with van der Waals surface area (Å²) in [6.07, 6.45) is 0. The Balaban J connectivity index is 2.99. The molecule has 0 amide bonds. The van der Waals surface area contributed by atoms with Gasteiger partial charge in [-0.25, -0.2) is 0 Å². The zero-order valence-electron chi connectivity index (χ0n) is 5.48. The number of rotatable bonds is 1. The van der Waals surface area contributed by atoms with E-state index in [9.17, 15) is 0 Å². The molecule has 5 heteroatoms. The van der Waals surface area contributed by atoms with Crippen LogP contribution < -0.4 is 5.30 Å². The Morgan fingerprint density at radius 3 is 1.82 bits per heavy atom. The average molecular weight is 194 g/mol. The first-order valence-electron chi connectivity index (χ1n) is 2.83. The first-order chi connectivity index (χ1) is 5.00. The van der Waals surface area contributed by atoms with Crippen LogP contribution in [-0.2, 0) is 0 Å².